The molecule has 2 fully saturated rings. The van der Waals surface area contributed by atoms with Gasteiger partial charge in [-0.25, -0.2) is 0 Å². The predicted octanol–water partition coefficient (Wildman–Crippen LogP) is 2.81. The Kier molecular flexibility index (Phi) is 3.91. The van der Waals surface area contributed by atoms with Crippen molar-refractivity contribution >= 4 is 5.91 Å². The summed E-state index contributed by atoms with van der Waals surface area (Å²) in [6.07, 6.45) is 9.64. The number of rotatable bonds is 4. The number of nitrogens with one attached hydrogen (secondary N) is 1. The molecule has 1 aromatic carbocycles. The van der Waals surface area contributed by atoms with Gasteiger partial charge in [0.05, 0.1) is 6.04 Å². The van der Waals surface area contributed by atoms with Crippen molar-refractivity contribution in [3.05, 3.63) is 34.9 Å². The largest absolute Gasteiger partial charge is 0.352 e. The third-order valence-corrected chi connectivity index (χ3v) is 5.39. The number of benzene rings is 1. The maximum atomic E-state index is 12.4. The number of nitrogens with zero attached hydrogens (tertiary/aromatic N) is 1. The van der Waals surface area contributed by atoms with Crippen molar-refractivity contribution in [2.45, 2.75) is 70.0 Å². The number of amides is 1. The Labute approximate surface area is 133 Å². The number of aryl methyl sites for hydroxylation is 2. The fourth-order valence-electron chi connectivity index (χ4n) is 3.96. The molecule has 4 rings (SSSR count). The highest BCUT2D eigenvalue weighted by atomic mass is 16.2. The fourth-order valence-corrected chi connectivity index (χ4v) is 3.96. The maximum absolute atomic E-state index is 12.4. The summed E-state index contributed by atoms with van der Waals surface area (Å²) in [5, 5.41) is 3.18. The molecule has 1 aliphatic heterocycles. The van der Waals surface area contributed by atoms with E-state index in [1.54, 1.807) is 11.1 Å². The van der Waals surface area contributed by atoms with Crippen LogP contribution in [0.4, 0.5) is 0 Å². The smallest absolute Gasteiger partial charge is 0.237 e. The highest BCUT2D eigenvalue weighted by molar-refractivity contribution is 5.82. The molecule has 1 N–H and O–H groups in total. The van der Waals surface area contributed by atoms with Gasteiger partial charge in [-0.15, -0.1) is 0 Å². The molecule has 1 saturated heterocycles. The van der Waals surface area contributed by atoms with Gasteiger partial charge in [0.25, 0.3) is 0 Å². The molecule has 1 unspecified atom stereocenters. The minimum absolute atomic E-state index is 0.0941. The molecular weight excluding hydrogens is 272 g/mol. The summed E-state index contributed by atoms with van der Waals surface area (Å²) >= 11 is 0. The Morgan fingerprint density at radius 3 is 2.73 bits per heavy atom. The molecule has 1 atom stereocenters. The maximum Gasteiger partial charge on any atom is 0.237 e. The SMILES string of the molecule is O=C(NC1CC1)C1CCCN1Cc1ccc2c(c1)CCCC2. The molecule has 1 heterocycles. The van der Waals surface area contributed by atoms with Crippen molar-refractivity contribution in [2.24, 2.45) is 0 Å². The second-order valence-electron chi connectivity index (χ2n) is 7.22. The Morgan fingerprint density at radius 2 is 1.91 bits per heavy atom. The first kappa shape index (κ1) is 14.3. The summed E-state index contributed by atoms with van der Waals surface area (Å²) < 4.78 is 0. The van der Waals surface area contributed by atoms with Crippen molar-refractivity contribution in [1.82, 2.24) is 10.2 Å². The Balaban J connectivity index is 1.43. The summed E-state index contributed by atoms with van der Waals surface area (Å²) in [6, 6.07) is 7.55. The van der Waals surface area contributed by atoms with Crippen LogP contribution in [0.1, 0.15) is 55.2 Å². The summed E-state index contributed by atoms with van der Waals surface area (Å²) in [5.74, 6) is 0.262. The number of fused-ring (bicyclic) bond motifs is 1. The lowest BCUT2D eigenvalue weighted by atomic mass is 9.90. The van der Waals surface area contributed by atoms with Crippen LogP contribution in [0, 0.1) is 0 Å². The minimum Gasteiger partial charge on any atom is -0.352 e. The molecule has 3 aliphatic rings. The summed E-state index contributed by atoms with van der Waals surface area (Å²) in [4.78, 5) is 14.8. The monoisotopic (exact) mass is 298 g/mol. The molecule has 0 bridgehead atoms. The Hall–Kier alpha value is -1.35. The van der Waals surface area contributed by atoms with E-state index in [4.69, 9.17) is 0 Å². The first-order chi connectivity index (χ1) is 10.8. The van der Waals surface area contributed by atoms with E-state index >= 15 is 0 Å². The Morgan fingerprint density at radius 1 is 1.09 bits per heavy atom. The van der Waals surface area contributed by atoms with Crippen LogP contribution in [-0.2, 0) is 24.2 Å². The van der Waals surface area contributed by atoms with Gasteiger partial charge >= 0.3 is 0 Å². The molecule has 3 heteroatoms. The molecule has 1 aromatic rings. The quantitative estimate of drug-likeness (QED) is 0.927. The zero-order valence-electron chi connectivity index (χ0n) is 13.3. The minimum atomic E-state index is 0.0941. The van der Waals surface area contributed by atoms with Crippen LogP contribution < -0.4 is 5.32 Å². The van der Waals surface area contributed by atoms with Gasteiger partial charge in [0.15, 0.2) is 0 Å². The van der Waals surface area contributed by atoms with Crippen molar-refractivity contribution in [3.8, 4) is 0 Å². The first-order valence-corrected chi connectivity index (χ1v) is 8.95. The zero-order chi connectivity index (χ0) is 14.9. The van der Waals surface area contributed by atoms with E-state index in [1.807, 2.05) is 0 Å². The topological polar surface area (TPSA) is 32.3 Å². The number of hydrogen-bond acceptors (Lipinski definition) is 2. The van der Waals surface area contributed by atoms with E-state index in [-0.39, 0.29) is 11.9 Å². The average molecular weight is 298 g/mol. The molecule has 0 radical (unpaired) electrons. The number of carbonyl (C=O) groups excluding carboxylic acids is 1. The zero-order valence-corrected chi connectivity index (χ0v) is 13.3. The van der Waals surface area contributed by atoms with E-state index in [1.165, 1.54) is 44.1 Å². The van der Waals surface area contributed by atoms with Crippen LogP contribution in [0.25, 0.3) is 0 Å². The van der Waals surface area contributed by atoms with E-state index in [0.717, 1.165) is 25.9 Å². The van der Waals surface area contributed by atoms with Gasteiger partial charge in [0, 0.05) is 12.6 Å². The molecule has 1 saturated carbocycles. The van der Waals surface area contributed by atoms with Gasteiger partial charge in [-0.05, 0) is 74.6 Å². The van der Waals surface area contributed by atoms with Gasteiger partial charge in [-0.1, -0.05) is 18.2 Å². The molecule has 0 spiro atoms. The van der Waals surface area contributed by atoms with Crippen molar-refractivity contribution in [3.63, 3.8) is 0 Å². The molecule has 22 heavy (non-hydrogen) atoms. The molecule has 0 aromatic heterocycles. The van der Waals surface area contributed by atoms with Crippen molar-refractivity contribution in [1.29, 1.82) is 0 Å². The van der Waals surface area contributed by atoms with Gasteiger partial charge < -0.3 is 5.32 Å². The van der Waals surface area contributed by atoms with E-state index in [0.29, 0.717) is 6.04 Å². The summed E-state index contributed by atoms with van der Waals surface area (Å²) in [6.45, 7) is 1.98. The van der Waals surface area contributed by atoms with E-state index in [9.17, 15) is 4.79 Å². The third-order valence-electron chi connectivity index (χ3n) is 5.39. The third kappa shape index (κ3) is 3.05. The molecule has 1 amide bonds. The van der Waals surface area contributed by atoms with Crippen LogP contribution in [0.2, 0.25) is 0 Å². The van der Waals surface area contributed by atoms with Crippen LogP contribution >= 0.6 is 0 Å². The van der Waals surface area contributed by atoms with Gasteiger partial charge in [0.2, 0.25) is 5.91 Å². The molecule has 2 aliphatic carbocycles. The molecule has 118 valence electrons. The molecular formula is C19H26N2O. The highest BCUT2D eigenvalue weighted by Crippen LogP contribution is 2.26. The van der Waals surface area contributed by atoms with Gasteiger partial charge in [0.1, 0.15) is 0 Å². The van der Waals surface area contributed by atoms with E-state index in [2.05, 4.69) is 28.4 Å². The first-order valence-electron chi connectivity index (χ1n) is 8.95. The van der Waals surface area contributed by atoms with E-state index < -0.39 is 0 Å². The standard InChI is InChI=1S/C19H26N2O/c22-19(20-17-9-10-17)18-6-3-11-21(18)13-14-7-8-15-4-1-2-5-16(15)12-14/h7-8,12,17-18H,1-6,9-11,13H2,(H,20,22). The summed E-state index contributed by atoms with van der Waals surface area (Å²) in [7, 11) is 0. The average Bonchev–Trinajstić information content (AvgIpc) is 3.23. The number of likely N-dealkylation sites (tertiary alicyclic amines) is 1. The lowest BCUT2D eigenvalue weighted by Gasteiger charge is -2.25. The fraction of sp³-hybridized carbons (Fsp3) is 0.632. The molecule has 3 nitrogen and oxygen atoms in total. The second-order valence-corrected chi connectivity index (χ2v) is 7.22. The second kappa shape index (κ2) is 6.04. The Bertz CT molecular complexity index is 565. The highest BCUT2D eigenvalue weighted by Gasteiger charge is 2.33. The lowest BCUT2D eigenvalue weighted by molar-refractivity contribution is -0.125. The normalized spacial score (nSPS) is 25.0. The lowest BCUT2D eigenvalue weighted by Crippen LogP contribution is -2.43. The van der Waals surface area contributed by atoms with Crippen LogP contribution in [0.15, 0.2) is 18.2 Å². The summed E-state index contributed by atoms with van der Waals surface area (Å²) in [5.41, 5.74) is 4.47. The van der Waals surface area contributed by atoms with Crippen LogP contribution in [-0.4, -0.2) is 29.4 Å². The van der Waals surface area contributed by atoms with Crippen molar-refractivity contribution < 1.29 is 4.79 Å². The van der Waals surface area contributed by atoms with Crippen LogP contribution in [0.5, 0.6) is 0 Å². The van der Waals surface area contributed by atoms with Crippen LogP contribution in [0.3, 0.4) is 0 Å². The van der Waals surface area contributed by atoms with Gasteiger partial charge in [-0.2, -0.15) is 0 Å². The predicted molar refractivity (Wildman–Crippen MR) is 87.7 cm³/mol. The number of carbonyl (C=O) groups is 1. The van der Waals surface area contributed by atoms with Gasteiger partial charge in [-0.3, -0.25) is 9.69 Å². The number of hydrogen-bond donors (Lipinski definition) is 1. The van der Waals surface area contributed by atoms with Crippen molar-refractivity contribution in [2.75, 3.05) is 6.54 Å².